The van der Waals surface area contributed by atoms with Gasteiger partial charge in [0.1, 0.15) is 0 Å². The Morgan fingerprint density at radius 2 is 2.07 bits per heavy atom. The zero-order chi connectivity index (χ0) is 11.4. The average Bonchev–Trinajstić information content (AvgIpc) is 2.14. The van der Waals surface area contributed by atoms with E-state index in [0.29, 0.717) is 5.56 Å². The molecule has 0 atom stereocenters. The summed E-state index contributed by atoms with van der Waals surface area (Å²) < 4.78 is 0. The number of carbonyl (C=O) groups excluding carboxylic acids is 1. The Balaban J connectivity index is 3.27. The van der Waals surface area contributed by atoms with Gasteiger partial charge in [-0.25, -0.2) is 4.79 Å². The number of rotatable bonds is 1. The fourth-order valence-electron chi connectivity index (χ4n) is 1.08. The monoisotopic (exact) mass is 203 g/mol. The third-order valence-corrected chi connectivity index (χ3v) is 1.73. The first kappa shape index (κ1) is 10.8. The predicted octanol–water partition coefficient (Wildman–Crippen LogP) is 0.530. The van der Waals surface area contributed by atoms with Crippen LogP contribution in [0.25, 0.3) is 0 Å². The molecule has 76 valence electrons. The van der Waals surface area contributed by atoms with Crippen molar-refractivity contribution in [3.05, 3.63) is 34.9 Å². The van der Waals surface area contributed by atoms with Gasteiger partial charge in [-0.1, -0.05) is 12.0 Å². The highest BCUT2D eigenvalue weighted by atomic mass is 16.4. The van der Waals surface area contributed by atoms with Gasteiger partial charge in [0.2, 0.25) is 0 Å². The van der Waals surface area contributed by atoms with E-state index < -0.39 is 11.9 Å². The van der Waals surface area contributed by atoms with Crippen LogP contribution in [0.15, 0.2) is 18.2 Å². The van der Waals surface area contributed by atoms with Crippen molar-refractivity contribution in [1.82, 2.24) is 0 Å². The van der Waals surface area contributed by atoms with Gasteiger partial charge in [0.15, 0.2) is 0 Å². The number of carbonyl (C=O) groups is 2. The van der Waals surface area contributed by atoms with Gasteiger partial charge >= 0.3 is 5.97 Å². The highest BCUT2D eigenvalue weighted by Crippen LogP contribution is 2.10. The number of primary amides is 1. The highest BCUT2D eigenvalue weighted by Gasteiger charge is 2.07. The Bertz CT molecular complexity index is 480. The summed E-state index contributed by atoms with van der Waals surface area (Å²) in [6.45, 7) is 1.81. The van der Waals surface area contributed by atoms with Crippen LogP contribution >= 0.6 is 0 Å². The van der Waals surface area contributed by atoms with Crippen molar-refractivity contribution in [1.29, 1.82) is 0 Å². The maximum absolute atomic E-state index is 10.8. The lowest BCUT2D eigenvalue weighted by molar-refractivity contribution is -0.112. The fraction of sp³-hybridized carbons (Fsp3) is 0.0909. The van der Waals surface area contributed by atoms with Crippen molar-refractivity contribution in [3.63, 3.8) is 0 Å². The van der Waals surface area contributed by atoms with Crippen molar-refractivity contribution in [2.45, 2.75) is 6.92 Å². The maximum atomic E-state index is 10.8. The minimum atomic E-state index is -1.08. The molecule has 1 aromatic rings. The van der Waals surface area contributed by atoms with Crippen LogP contribution in [0, 0.1) is 18.8 Å². The van der Waals surface area contributed by atoms with E-state index in [9.17, 15) is 9.59 Å². The molecule has 1 rings (SSSR count). The van der Waals surface area contributed by atoms with Crippen molar-refractivity contribution in [3.8, 4) is 11.8 Å². The predicted molar refractivity (Wildman–Crippen MR) is 54.2 cm³/mol. The second-order valence-corrected chi connectivity index (χ2v) is 2.97. The zero-order valence-electron chi connectivity index (χ0n) is 8.07. The Morgan fingerprint density at radius 1 is 1.40 bits per heavy atom. The molecular formula is C11H9NO3. The standard InChI is InChI=1S/C11H9NO3/c1-7-2-4-9(11(14)15)8(6-7)3-5-10(12)13/h2,4,6H,1H3,(H2,12,13)(H,14,15). The van der Waals surface area contributed by atoms with E-state index in [1.54, 1.807) is 19.1 Å². The van der Waals surface area contributed by atoms with Crippen molar-refractivity contribution in [2.75, 3.05) is 0 Å². The maximum Gasteiger partial charge on any atom is 0.336 e. The lowest BCUT2D eigenvalue weighted by atomic mass is 10.1. The van der Waals surface area contributed by atoms with Gasteiger partial charge in [-0.15, -0.1) is 0 Å². The summed E-state index contributed by atoms with van der Waals surface area (Å²) in [4.78, 5) is 21.2. The summed E-state index contributed by atoms with van der Waals surface area (Å²) in [6, 6.07) is 4.71. The molecule has 0 aliphatic rings. The van der Waals surface area contributed by atoms with Crippen LogP contribution in [0.5, 0.6) is 0 Å². The average molecular weight is 203 g/mol. The topological polar surface area (TPSA) is 80.4 Å². The van der Waals surface area contributed by atoms with E-state index in [2.05, 4.69) is 11.8 Å². The Kier molecular flexibility index (Phi) is 3.09. The van der Waals surface area contributed by atoms with Gasteiger partial charge in [-0.2, -0.15) is 0 Å². The van der Waals surface area contributed by atoms with Crippen LogP contribution in [0.4, 0.5) is 0 Å². The Labute approximate surface area is 86.7 Å². The summed E-state index contributed by atoms with van der Waals surface area (Å²) in [5.41, 5.74) is 6.07. The van der Waals surface area contributed by atoms with Gasteiger partial charge < -0.3 is 10.8 Å². The molecule has 0 aliphatic heterocycles. The van der Waals surface area contributed by atoms with Gasteiger partial charge in [-0.3, -0.25) is 4.79 Å². The number of aryl methyl sites for hydroxylation is 1. The summed E-state index contributed by atoms with van der Waals surface area (Å²) in [7, 11) is 0. The lowest BCUT2D eigenvalue weighted by Gasteiger charge is -1.99. The molecule has 4 nitrogen and oxygen atoms in total. The lowest BCUT2D eigenvalue weighted by Crippen LogP contribution is -2.07. The Hall–Kier alpha value is -2.28. The van der Waals surface area contributed by atoms with Crippen LogP contribution in [-0.4, -0.2) is 17.0 Å². The number of carboxylic acid groups (broad SMARTS) is 1. The molecule has 4 heteroatoms. The van der Waals surface area contributed by atoms with Crippen LogP contribution in [0.3, 0.4) is 0 Å². The van der Waals surface area contributed by atoms with Gasteiger partial charge in [0, 0.05) is 11.5 Å². The van der Waals surface area contributed by atoms with E-state index in [-0.39, 0.29) is 5.56 Å². The van der Waals surface area contributed by atoms with E-state index >= 15 is 0 Å². The summed E-state index contributed by atoms with van der Waals surface area (Å²) >= 11 is 0. The van der Waals surface area contributed by atoms with Crippen LogP contribution < -0.4 is 5.73 Å². The molecule has 1 aromatic carbocycles. The molecule has 0 heterocycles. The molecule has 0 fully saturated rings. The quantitative estimate of drug-likeness (QED) is 0.653. The molecule has 0 unspecified atom stereocenters. The number of hydrogen-bond donors (Lipinski definition) is 2. The first-order valence-electron chi connectivity index (χ1n) is 4.16. The number of aromatic carboxylic acids is 1. The molecular weight excluding hydrogens is 194 g/mol. The largest absolute Gasteiger partial charge is 0.478 e. The SMILES string of the molecule is Cc1ccc(C(=O)O)c(C#CC(N)=O)c1. The number of carboxylic acids is 1. The van der Waals surface area contributed by atoms with Gasteiger partial charge in [0.25, 0.3) is 5.91 Å². The zero-order valence-corrected chi connectivity index (χ0v) is 8.07. The van der Waals surface area contributed by atoms with Crippen LogP contribution in [0.1, 0.15) is 21.5 Å². The van der Waals surface area contributed by atoms with E-state index in [4.69, 9.17) is 10.8 Å². The molecule has 0 aromatic heterocycles. The summed E-state index contributed by atoms with van der Waals surface area (Å²) in [6.07, 6.45) is 0. The van der Waals surface area contributed by atoms with Gasteiger partial charge in [-0.05, 0) is 24.6 Å². The molecule has 1 amide bonds. The molecule has 0 aliphatic carbocycles. The molecule has 15 heavy (non-hydrogen) atoms. The first-order valence-corrected chi connectivity index (χ1v) is 4.16. The molecule has 0 radical (unpaired) electrons. The molecule has 0 saturated heterocycles. The van der Waals surface area contributed by atoms with Crippen molar-refractivity contribution in [2.24, 2.45) is 5.73 Å². The second-order valence-electron chi connectivity index (χ2n) is 2.97. The van der Waals surface area contributed by atoms with E-state index in [1.807, 2.05) is 0 Å². The summed E-state index contributed by atoms with van der Waals surface area (Å²) in [5, 5.41) is 8.84. The first-order chi connectivity index (χ1) is 7.00. The van der Waals surface area contributed by atoms with Gasteiger partial charge in [0.05, 0.1) is 5.56 Å². The number of benzene rings is 1. The molecule has 0 spiro atoms. The molecule has 0 bridgehead atoms. The number of nitrogens with two attached hydrogens (primary N) is 1. The molecule has 0 saturated carbocycles. The van der Waals surface area contributed by atoms with Crippen LogP contribution in [-0.2, 0) is 4.79 Å². The van der Waals surface area contributed by atoms with E-state index in [0.717, 1.165) is 5.56 Å². The van der Waals surface area contributed by atoms with Crippen molar-refractivity contribution >= 4 is 11.9 Å². The third kappa shape index (κ3) is 2.85. The van der Waals surface area contributed by atoms with Crippen LogP contribution in [0.2, 0.25) is 0 Å². The smallest absolute Gasteiger partial charge is 0.336 e. The number of amides is 1. The fourth-order valence-corrected chi connectivity index (χ4v) is 1.08. The minimum Gasteiger partial charge on any atom is -0.478 e. The van der Waals surface area contributed by atoms with Crippen molar-refractivity contribution < 1.29 is 14.7 Å². The molecule has 3 N–H and O–H groups in total. The Morgan fingerprint density at radius 3 is 2.60 bits per heavy atom. The number of hydrogen-bond acceptors (Lipinski definition) is 2. The minimum absolute atomic E-state index is 0.0642. The third-order valence-electron chi connectivity index (χ3n) is 1.73. The highest BCUT2D eigenvalue weighted by molar-refractivity contribution is 5.95. The normalized spacial score (nSPS) is 8.87. The summed E-state index contributed by atoms with van der Waals surface area (Å²) in [5.74, 6) is 2.68. The second kappa shape index (κ2) is 4.29. The van der Waals surface area contributed by atoms with E-state index in [1.165, 1.54) is 6.07 Å².